The van der Waals surface area contributed by atoms with Crippen molar-refractivity contribution >= 4 is 23.6 Å². The summed E-state index contributed by atoms with van der Waals surface area (Å²) in [5.41, 5.74) is 7.21. The molecule has 2 heterocycles. The van der Waals surface area contributed by atoms with Gasteiger partial charge in [-0.25, -0.2) is 0 Å². The Morgan fingerprint density at radius 3 is 2.55 bits per heavy atom. The van der Waals surface area contributed by atoms with Crippen molar-refractivity contribution in [2.24, 2.45) is 11.1 Å². The first-order valence-electron chi connectivity index (χ1n) is 9.94. The molecular formula is C21H28N4O4. The minimum atomic E-state index is -0.952. The summed E-state index contributed by atoms with van der Waals surface area (Å²) in [4.78, 5) is 53.0. The zero-order chi connectivity index (χ0) is 21.3. The monoisotopic (exact) mass is 400 g/mol. The zero-order valence-electron chi connectivity index (χ0n) is 17.2. The molecule has 0 radical (unpaired) electrons. The molecule has 2 aliphatic rings. The molecule has 8 heteroatoms. The van der Waals surface area contributed by atoms with Crippen LogP contribution in [0.4, 0.5) is 0 Å². The van der Waals surface area contributed by atoms with Gasteiger partial charge in [0.15, 0.2) is 0 Å². The number of hydrogen-bond donors (Lipinski definition) is 2. The van der Waals surface area contributed by atoms with Gasteiger partial charge < -0.3 is 5.73 Å². The van der Waals surface area contributed by atoms with Crippen molar-refractivity contribution in [1.82, 2.24) is 15.1 Å². The third-order valence-corrected chi connectivity index (χ3v) is 5.60. The highest BCUT2D eigenvalue weighted by Gasteiger charge is 2.45. The van der Waals surface area contributed by atoms with Gasteiger partial charge in [0, 0.05) is 19.5 Å². The molecule has 1 unspecified atom stereocenters. The van der Waals surface area contributed by atoms with Crippen LogP contribution in [0, 0.1) is 5.41 Å². The number of nitrogens with zero attached hydrogens (tertiary/aromatic N) is 2. The molecule has 0 bridgehead atoms. The Morgan fingerprint density at radius 2 is 1.93 bits per heavy atom. The van der Waals surface area contributed by atoms with Gasteiger partial charge in [-0.3, -0.25) is 34.3 Å². The van der Waals surface area contributed by atoms with E-state index in [2.05, 4.69) is 24.1 Å². The first-order chi connectivity index (χ1) is 13.7. The Hall–Kier alpha value is -2.58. The Morgan fingerprint density at radius 1 is 1.21 bits per heavy atom. The van der Waals surface area contributed by atoms with E-state index in [4.69, 9.17) is 5.73 Å². The van der Waals surface area contributed by atoms with E-state index in [-0.39, 0.29) is 24.2 Å². The molecule has 2 aliphatic heterocycles. The maximum absolute atomic E-state index is 13.2. The van der Waals surface area contributed by atoms with Crippen LogP contribution in [0.5, 0.6) is 0 Å². The number of hydrogen-bond acceptors (Lipinski definition) is 6. The van der Waals surface area contributed by atoms with Gasteiger partial charge in [-0.1, -0.05) is 32.9 Å². The van der Waals surface area contributed by atoms with E-state index in [1.807, 2.05) is 13.0 Å². The molecule has 0 saturated carbocycles. The second-order valence-corrected chi connectivity index (χ2v) is 8.46. The minimum absolute atomic E-state index is 0.0768. The molecule has 1 saturated heterocycles. The Labute approximate surface area is 170 Å². The summed E-state index contributed by atoms with van der Waals surface area (Å²) in [5, 5.41) is 2.22. The number of carbonyl (C=O) groups is 4. The number of piperidine rings is 1. The van der Waals surface area contributed by atoms with Crippen LogP contribution in [0.15, 0.2) is 18.2 Å². The van der Waals surface area contributed by atoms with Crippen molar-refractivity contribution in [1.29, 1.82) is 0 Å². The molecule has 156 valence electrons. The number of nitrogens with two attached hydrogens (primary N) is 1. The van der Waals surface area contributed by atoms with E-state index in [0.29, 0.717) is 24.2 Å². The van der Waals surface area contributed by atoms with E-state index >= 15 is 0 Å². The molecule has 3 N–H and O–H groups in total. The van der Waals surface area contributed by atoms with Crippen LogP contribution in [0.1, 0.15) is 59.9 Å². The highest BCUT2D eigenvalue weighted by molar-refractivity contribution is 6.24. The number of imide groups is 2. The average molecular weight is 400 g/mol. The van der Waals surface area contributed by atoms with E-state index in [1.54, 1.807) is 12.1 Å². The third kappa shape index (κ3) is 4.09. The van der Waals surface area contributed by atoms with Crippen LogP contribution >= 0.6 is 0 Å². The van der Waals surface area contributed by atoms with E-state index in [0.717, 1.165) is 23.6 Å². The van der Waals surface area contributed by atoms with E-state index < -0.39 is 23.8 Å². The first kappa shape index (κ1) is 21.1. The highest BCUT2D eigenvalue weighted by atomic mass is 16.2. The van der Waals surface area contributed by atoms with Crippen molar-refractivity contribution < 1.29 is 19.2 Å². The molecule has 3 rings (SSSR count). The second kappa shape index (κ2) is 8.04. The Balaban J connectivity index is 1.88. The molecular weight excluding hydrogens is 372 g/mol. The summed E-state index contributed by atoms with van der Waals surface area (Å²) < 4.78 is 0. The predicted molar refractivity (Wildman–Crippen MR) is 107 cm³/mol. The number of fused-ring (bicyclic) bond motifs is 1. The van der Waals surface area contributed by atoms with Crippen LogP contribution in [0.25, 0.3) is 0 Å². The lowest BCUT2D eigenvalue weighted by Gasteiger charge is -2.31. The predicted octanol–water partition coefficient (Wildman–Crippen LogP) is 0.895. The van der Waals surface area contributed by atoms with E-state index in [1.165, 1.54) is 0 Å². The summed E-state index contributed by atoms with van der Waals surface area (Å²) >= 11 is 0. The molecule has 1 fully saturated rings. The van der Waals surface area contributed by atoms with Crippen molar-refractivity contribution in [3.05, 3.63) is 34.9 Å². The molecule has 0 spiro atoms. The topological polar surface area (TPSA) is 113 Å². The summed E-state index contributed by atoms with van der Waals surface area (Å²) in [5.74, 6) is -1.93. The molecule has 0 aliphatic carbocycles. The number of carbonyl (C=O) groups excluding carboxylic acids is 4. The molecule has 0 aromatic heterocycles. The quantitative estimate of drug-likeness (QED) is 0.658. The molecule has 4 amide bonds. The van der Waals surface area contributed by atoms with Crippen LogP contribution in [0.2, 0.25) is 0 Å². The Kier molecular flexibility index (Phi) is 5.86. The van der Waals surface area contributed by atoms with Crippen LogP contribution in [-0.2, 0) is 16.1 Å². The van der Waals surface area contributed by atoms with Crippen molar-refractivity contribution in [3.63, 3.8) is 0 Å². The van der Waals surface area contributed by atoms with Gasteiger partial charge in [-0.15, -0.1) is 0 Å². The molecule has 1 atom stereocenters. The maximum Gasteiger partial charge on any atom is 0.262 e. The fourth-order valence-electron chi connectivity index (χ4n) is 3.91. The second-order valence-electron chi connectivity index (χ2n) is 8.46. The smallest absolute Gasteiger partial charge is 0.262 e. The summed E-state index contributed by atoms with van der Waals surface area (Å²) in [6, 6.07) is 4.27. The molecule has 1 aromatic carbocycles. The van der Waals surface area contributed by atoms with Crippen molar-refractivity contribution in [3.8, 4) is 0 Å². The maximum atomic E-state index is 13.2. The number of amides is 4. The molecule has 29 heavy (non-hydrogen) atoms. The lowest BCUT2D eigenvalue weighted by molar-refractivity contribution is -0.136. The first-order valence-corrected chi connectivity index (χ1v) is 9.94. The number of nitrogens with one attached hydrogen (secondary N) is 1. The average Bonchev–Trinajstić information content (AvgIpc) is 2.93. The number of benzene rings is 1. The van der Waals surface area contributed by atoms with Crippen LogP contribution < -0.4 is 11.1 Å². The lowest BCUT2D eigenvalue weighted by atomic mass is 9.92. The fraction of sp³-hybridized carbons (Fsp3) is 0.524. The van der Waals surface area contributed by atoms with E-state index in [9.17, 15) is 19.2 Å². The normalized spacial score (nSPS) is 19.8. The van der Waals surface area contributed by atoms with Gasteiger partial charge in [-0.05, 0) is 36.6 Å². The molecule has 1 aromatic rings. The van der Waals surface area contributed by atoms with Crippen molar-refractivity contribution in [2.45, 2.75) is 46.2 Å². The van der Waals surface area contributed by atoms with Gasteiger partial charge in [0.2, 0.25) is 11.8 Å². The van der Waals surface area contributed by atoms with Gasteiger partial charge in [-0.2, -0.15) is 0 Å². The fourth-order valence-corrected chi connectivity index (χ4v) is 3.91. The lowest BCUT2D eigenvalue weighted by Crippen LogP contribution is -2.54. The van der Waals surface area contributed by atoms with Gasteiger partial charge in [0.05, 0.1) is 11.1 Å². The Bertz CT molecular complexity index is 864. The minimum Gasteiger partial charge on any atom is -0.330 e. The third-order valence-electron chi connectivity index (χ3n) is 5.60. The van der Waals surface area contributed by atoms with Crippen molar-refractivity contribution in [2.75, 3.05) is 19.6 Å². The number of rotatable bonds is 7. The summed E-state index contributed by atoms with van der Waals surface area (Å²) in [7, 11) is 0. The van der Waals surface area contributed by atoms with Gasteiger partial charge in [0.1, 0.15) is 6.04 Å². The van der Waals surface area contributed by atoms with Crippen LogP contribution in [-0.4, -0.2) is 59.1 Å². The van der Waals surface area contributed by atoms with Gasteiger partial charge in [0.25, 0.3) is 11.8 Å². The van der Waals surface area contributed by atoms with Crippen LogP contribution in [0.3, 0.4) is 0 Å². The standard InChI is InChI=1S/C21H28N4O4/c1-4-24(12-21(2,3)11-22)10-13-6-5-7-14-17(13)20(29)25(19(14)28)15-8-9-16(26)23-18(15)27/h5-7,15H,4,8-12,22H2,1-3H3,(H,23,26,27). The SMILES string of the molecule is CCN(Cc1cccc2c1C(=O)N(C1CCC(=O)NC1=O)C2=O)CC(C)(C)CN. The largest absolute Gasteiger partial charge is 0.330 e. The summed E-state index contributed by atoms with van der Waals surface area (Å²) in [6.45, 7) is 8.78. The zero-order valence-corrected chi connectivity index (χ0v) is 17.2. The highest BCUT2D eigenvalue weighted by Crippen LogP contribution is 2.31. The summed E-state index contributed by atoms with van der Waals surface area (Å²) in [6.07, 6.45) is 0.256. The molecule has 8 nitrogen and oxygen atoms in total. The van der Waals surface area contributed by atoms with Gasteiger partial charge >= 0.3 is 0 Å².